The van der Waals surface area contributed by atoms with Crippen LogP contribution >= 0.6 is 0 Å². The van der Waals surface area contributed by atoms with E-state index in [1.807, 2.05) is 34.6 Å². The van der Waals surface area contributed by atoms with E-state index >= 15 is 0 Å². The molecular formula is C10H22N2O3. The topological polar surface area (TPSA) is 73.6 Å². The Morgan fingerprint density at radius 2 is 1.93 bits per heavy atom. The van der Waals surface area contributed by atoms with Crippen molar-refractivity contribution >= 4 is 6.09 Å². The van der Waals surface area contributed by atoms with Crippen LogP contribution in [0.4, 0.5) is 4.79 Å². The highest BCUT2D eigenvalue weighted by atomic mass is 16.6. The van der Waals surface area contributed by atoms with E-state index in [9.17, 15) is 4.79 Å². The standard InChI is InChI=1S/C10H22N2O3/c1-7(2)8(6-14-11)12-9(13)15-10(3,4)5/h7-8H,6,11H2,1-5H3,(H,12,13). The predicted octanol–water partition coefficient (Wildman–Crippen LogP) is 1.43. The first kappa shape index (κ1) is 14.2. The maximum atomic E-state index is 11.4. The highest BCUT2D eigenvalue weighted by molar-refractivity contribution is 5.68. The van der Waals surface area contributed by atoms with Crippen molar-refractivity contribution in [3.05, 3.63) is 0 Å². The molecule has 0 aliphatic carbocycles. The quantitative estimate of drug-likeness (QED) is 0.700. The summed E-state index contributed by atoms with van der Waals surface area (Å²) in [6, 6.07) is -0.134. The average molecular weight is 218 g/mol. The van der Waals surface area contributed by atoms with Crippen molar-refractivity contribution in [2.45, 2.75) is 46.3 Å². The molecule has 0 aliphatic rings. The number of nitrogens with two attached hydrogens (primary N) is 1. The molecule has 90 valence electrons. The van der Waals surface area contributed by atoms with Crippen LogP contribution in [-0.2, 0) is 9.57 Å². The van der Waals surface area contributed by atoms with Gasteiger partial charge in [0.15, 0.2) is 0 Å². The van der Waals surface area contributed by atoms with E-state index < -0.39 is 11.7 Å². The van der Waals surface area contributed by atoms with E-state index in [-0.39, 0.29) is 18.6 Å². The Morgan fingerprint density at radius 1 is 1.40 bits per heavy atom. The zero-order valence-electron chi connectivity index (χ0n) is 10.2. The van der Waals surface area contributed by atoms with Crippen molar-refractivity contribution < 1.29 is 14.4 Å². The fraction of sp³-hybridized carbons (Fsp3) is 0.900. The van der Waals surface area contributed by atoms with Crippen molar-refractivity contribution in [1.29, 1.82) is 0 Å². The summed E-state index contributed by atoms with van der Waals surface area (Å²) in [6.45, 7) is 9.67. The molecule has 0 spiro atoms. The summed E-state index contributed by atoms with van der Waals surface area (Å²) in [5.41, 5.74) is -0.491. The summed E-state index contributed by atoms with van der Waals surface area (Å²) in [5, 5.41) is 2.71. The number of alkyl carbamates (subject to hydrolysis) is 1. The number of hydrogen-bond donors (Lipinski definition) is 2. The summed E-state index contributed by atoms with van der Waals surface area (Å²) in [6.07, 6.45) is -0.446. The van der Waals surface area contributed by atoms with Crippen LogP contribution in [0.2, 0.25) is 0 Å². The zero-order valence-corrected chi connectivity index (χ0v) is 10.2. The molecule has 0 aromatic rings. The number of nitrogens with one attached hydrogen (secondary N) is 1. The van der Waals surface area contributed by atoms with E-state index in [1.54, 1.807) is 0 Å². The molecule has 0 rings (SSSR count). The third-order valence-electron chi connectivity index (χ3n) is 1.78. The van der Waals surface area contributed by atoms with E-state index in [0.717, 1.165) is 0 Å². The van der Waals surface area contributed by atoms with Crippen molar-refractivity contribution in [2.75, 3.05) is 6.61 Å². The lowest BCUT2D eigenvalue weighted by atomic mass is 10.1. The molecule has 5 nitrogen and oxygen atoms in total. The Kier molecular flexibility index (Phi) is 5.60. The number of amides is 1. The minimum atomic E-state index is -0.491. The van der Waals surface area contributed by atoms with Crippen molar-refractivity contribution in [2.24, 2.45) is 11.8 Å². The largest absolute Gasteiger partial charge is 0.444 e. The van der Waals surface area contributed by atoms with Crippen LogP contribution < -0.4 is 11.2 Å². The lowest BCUT2D eigenvalue weighted by Crippen LogP contribution is -2.44. The van der Waals surface area contributed by atoms with Crippen LogP contribution in [-0.4, -0.2) is 24.3 Å². The first-order valence-electron chi connectivity index (χ1n) is 5.07. The summed E-state index contributed by atoms with van der Waals surface area (Å²) < 4.78 is 5.12. The van der Waals surface area contributed by atoms with Gasteiger partial charge in [-0.2, -0.15) is 0 Å². The van der Waals surface area contributed by atoms with Gasteiger partial charge >= 0.3 is 6.09 Å². The zero-order chi connectivity index (χ0) is 12.1. The first-order chi connectivity index (χ1) is 6.76. The molecule has 0 saturated carbocycles. The Balaban J connectivity index is 4.11. The molecule has 0 heterocycles. The van der Waals surface area contributed by atoms with Gasteiger partial charge in [-0.3, -0.25) is 0 Å². The van der Waals surface area contributed by atoms with Crippen LogP contribution in [0.25, 0.3) is 0 Å². The summed E-state index contributed by atoms with van der Waals surface area (Å²) in [4.78, 5) is 15.9. The lowest BCUT2D eigenvalue weighted by molar-refractivity contribution is 0.0406. The maximum absolute atomic E-state index is 11.4. The molecule has 0 bridgehead atoms. The number of rotatable bonds is 4. The molecule has 0 aromatic heterocycles. The summed E-state index contributed by atoms with van der Waals surface area (Å²) >= 11 is 0. The SMILES string of the molecule is CC(C)C(CON)NC(=O)OC(C)(C)C. The fourth-order valence-electron chi connectivity index (χ4n) is 0.963. The Bertz CT molecular complexity index is 199. The van der Waals surface area contributed by atoms with Crippen molar-refractivity contribution in [3.63, 3.8) is 0 Å². The van der Waals surface area contributed by atoms with Crippen LogP contribution in [0.3, 0.4) is 0 Å². The van der Waals surface area contributed by atoms with Crippen molar-refractivity contribution in [1.82, 2.24) is 5.32 Å². The number of ether oxygens (including phenoxy) is 1. The van der Waals surface area contributed by atoms with Crippen LogP contribution in [0.15, 0.2) is 0 Å². The molecule has 3 N–H and O–H groups in total. The molecular weight excluding hydrogens is 196 g/mol. The smallest absolute Gasteiger partial charge is 0.407 e. The summed E-state index contributed by atoms with van der Waals surface area (Å²) in [5.74, 6) is 5.22. The molecule has 0 radical (unpaired) electrons. The number of hydrogen-bond acceptors (Lipinski definition) is 4. The van der Waals surface area contributed by atoms with Gasteiger partial charge in [0.25, 0.3) is 0 Å². The minimum Gasteiger partial charge on any atom is -0.444 e. The van der Waals surface area contributed by atoms with E-state index in [4.69, 9.17) is 10.6 Å². The van der Waals surface area contributed by atoms with Gasteiger partial charge in [0, 0.05) is 0 Å². The van der Waals surface area contributed by atoms with Gasteiger partial charge in [-0.15, -0.1) is 0 Å². The van der Waals surface area contributed by atoms with Crippen LogP contribution in [0, 0.1) is 5.92 Å². The molecule has 1 unspecified atom stereocenters. The van der Waals surface area contributed by atoms with E-state index in [1.165, 1.54) is 0 Å². The highest BCUT2D eigenvalue weighted by Gasteiger charge is 2.21. The van der Waals surface area contributed by atoms with Gasteiger partial charge in [-0.1, -0.05) is 13.8 Å². The normalized spacial score (nSPS) is 13.8. The molecule has 0 aliphatic heterocycles. The van der Waals surface area contributed by atoms with Gasteiger partial charge in [0.2, 0.25) is 0 Å². The monoisotopic (exact) mass is 218 g/mol. The fourth-order valence-corrected chi connectivity index (χ4v) is 0.963. The van der Waals surface area contributed by atoms with Gasteiger partial charge in [0.05, 0.1) is 12.6 Å². The first-order valence-corrected chi connectivity index (χ1v) is 5.07. The van der Waals surface area contributed by atoms with Gasteiger partial charge < -0.3 is 14.9 Å². The third kappa shape index (κ3) is 7.16. The van der Waals surface area contributed by atoms with E-state index in [0.29, 0.717) is 0 Å². The Morgan fingerprint density at radius 3 is 2.27 bits per heavy atom. The molecule has 1 amide bonds. The highest BCUT2D eigenvalue weighted by Crippen LogP contribution is 2.08. The third-order valence-corrected chi connectivity index (χ3v) is 1.78. The van der Waals surface area contributed by atoms with Gasteiger partial charge in [-0.05, 0) is 26.7 Å². The second-order valence-corrected chi connectivity index (χ2v) is 4.83. The lowest BCUT2D eigenvalue weighted by Gasteiger charge is -2.25. The second-order valence-electron chi connectivity index (χ2n) is 4.83. The minimum absolute atomic E-state index is 0.134. The van der Waals surface area contributed by atoms with Crippen LogP contribution in [0.1, 0.15) is 34.6 Å². The average Bonchev–Trinajstić information content (AvgIpc) is 1.99. The molecule has 1 atom stereocenters. The number of carbonyl (C=O) groups is 1. The maximum Gasteiger partial charge on any atom is 0.407 e. The molecule has 0 aromatic carbocycles. The van der Waals surface area contributed by atoms with Crippen LogP contribution in [0.5, 0.6) is 0 Å². The second kappa shape index (κ2) is 5.92. The van der Waals surface area contributed by atoms with Crippen molar-refractivity contribution in [3.8, 4) is 0 Å². The molecule has 0 saturated heterocycles. The van der Waals surface area contributed by atoms with Gasteiger partial charge in [-0.25, -0.2) is 10.7 Å². The van der Waals surface area contributed by atoms with Gasteiger partial charge in [0.1, 0.15) is 5.60 Å². The molecule has 15 heavy (non-hydrogen) atoms. The Hall–Kier alpha value is -0.810. The molecule has 0 fully saturated rings. The molecule has 5 heteroatoms. The predicted molar refractivity (Wildman–Crippen MR) is 58.1 cm³/mol. The van der Waals surface area contributed by atoms with E-state index in [2.05, 4.69) is 10.2 Å². The summed E-state index contributed by atoms with van der Waals surface area (Å²) in [7, 11) is 0. The number of carbonyl (C=O) groups excluding carboxylic acids is 1. The Labute approximate surface area is 91.3 Å².